The van der Waals surface area contributed by atoms with Crippen LogP contribution in [0.5, 0.6) is 0 Å². The van der Waals surface area contributed by atoms with Gasteiger partial charge in [0.05, 0.1) is 12.0 Å². The summed E-state index contributed by atoms with van der Waals surface area (Å²) in [5.74, 6) is -0.527. The minimum absolute atomic E-state index is 0.414. The summed E-state index contributed by atoms with van der Waals surface area (Å²) in [6.07, 6.45) is 0.671. The van der Waals surface area contributed by atoms with Gasteiger partial charge in [0.15, 0.2) is 0 Å². The van der Waals surface area contributed by atoms with E-state index in [1.54, 1.807) is 18.2 Å². The van der Waals surface area contributed by atoms with Crippen LogP contribution < -0.4 is 0 Å². The normalized spacial score (nSPS) is 11.8. The molecular weight excluding hydrogens is 264 g/mol. The third-order valence-electron chi connectivity index (χ3n) is 1.86. The van der Waals surface area contributed by atoms with Gasteiger partial charge in [0, 0.05) is 0 Å². The van der Waals surface area contributed by atoms with Crippen LogP contribution in [0.2, 0.25) is 0 Å². The molecule has 0 saturated heterocycles. The van der Waals surface area contributed by atoms with Crippen LogP contribution in [0.3, 0.4) is 0 Å². The van der Waals surface area contributed by atoms with E-state index in [4.69, 9.17) is 5.53 Å². The van der Waals surface area contributed by atoms with E-state index in [-0.39, 0.29) is 0 Å². The lowest BCUT2D eigenvalue weighted by molar-refractivity contribution is 0.00384. The first-order valence-corrected chi connectivity index (χ1v) is 8.00. The third kappa shape index (κ3) is 3.48. The molecule has 1 aromatic rings. The second kappa shape index (κ2) is 4.79. The molecule has 92 valence electrons. The summed E-state index contributed by atoms with van der Waals surface area (Å²) in [4.78, 5) is 2.37. The van der Waals surface area contributed by atoms with Crippen molar-refractivity contribution in [2.45, 2.75) is 5.75 Å². The molecule has 0 aliphatic rings. The highest BCUT2D eigenvalue weighted by molar-refractivity contribution is 8.30. The molecule has 1 rings (SSSR count). The Kier molecular flexibility index (Phi) is 3.82. The molecule has 0 N–H and O–H groups in total. The van der Waals surface area contributed by atoms with Crippen LogP contribution in [0, 0.1) is 0 Å². The van der Waals surface area contributed by atoms with Gasteiger partial charge in [0.1, 0.15) is 0 Å². The van der Waals surface area contributed by atoms with Crippen molar-refractivity contribution < 1.29 is 21.6 Å². The maximum absolute atomic E-state index is 11.7. The van der Waals surface area contributed by atoms with E-state index in [0.717, 1.165) is 0 Å². The second-order valence-corrected chi connectivity index (χ2v) is 7.48. The Balaban J connectivity index is 3.19. The van der Waals surface area contributed by atoms with Gasteiger partial charge in [-0.2, -0.15) is 0 Å². The molecule has 1 aromatic carbocycles. The van der Waals surface area contributed by atoms with Crippen molar-refractivity contribution in [1.82, 2.24) is 0 Å². The van der Waals surface area contributed by atoms with Gasteiger partial charge in [-0.15, -0.1) is 4.79 Å². The van der Waals surface area contributed by atoms with Crippen LogP contribution in [0.1, 0.15) is 5.56 Å². The maximum atomic E-state index is 11.7. The maximum Gasteiger partial charge on any atom is 0.495 e. The lowest BCUT2D eigenvalue weighted by Crippen LogP contribution is -2.26. The summed E-state index contributed by atoms with van der Waals surface area (Å²) in [6.45, 7) is 0. The summed E-state index contributed by atoms with van der Waals surface area (Å²) in [5.41, 5.74) is 8.92. The molecule has 0 atom stereocenters. The number of benzene rings is 1. The van der Waals surface area contributed by atoms with Crippen molar-refractivity contribution in [3.8, 4) is 0 Å². The standard InChI is InChI=1S/C9H10N2O4S2/c1-16(12,13)9(11-10)17(14,15)7-8-5-3-2-4-6-8/h2-6H,7H2,1H3. The van der Waals surface area contributed by atoms with Gasteiger partial charge < -0.3 is 5.53 Å². The van der Waals surface area contributed by atoms with E-state index in [0.29, 0.717) is 11.8 Å². The monoisotopic (exact) mass is 274 g/mol. The Labute approximate surface area is 99.4 Å². The molecule has 0 heterocycles. The van der Waals surface area contributed by atoms with Crippen LogP contribution in [0.4, 0.5) is 0 Å². The van der Waals surface area contributed by atoms with Crippen LogP contribution >= 0.6 is 0 Å². The Morgan fingerprint density at radius 1 is 1.18 bits per heavy atom. The average molecular weight is 274 g/mol. The van der Waals surface area contributed by atoms with Gasteiger partial charge in [-0.25, -0.2) is 16.8 Å². The van der Waals surface area contributed by atoms with Crippen molar-refractivity contribution in [2.24, 2.45) is 0 Å². The number of nitrogens with zero attached hydrogens (tertiary/aromatic N) is 2. The predicted molar refractivity (Wildman–Crippen MR) is 62.5 cm³/mol. The molecule has 0 aliphatic carbocycles. The molecule has 0 radical (unpaired) electrons. The first-order chi connectivity index (χ1) is 7.77. The summed E-state index contributed by atoms with van der Waals surface area (Å²) in [7, 11) is -8.25. The molecule has 6 nitrogen and oxygen atoms in total. The first-order valence-electron chi connectivity index (χ1n) is 4.46. The number of sulfone groups is 2. The summed E-state index contributed by atoms with van der Waals surface area (Å²) < 4.78 is 44.5. The van der Waals surface area contributed by atoms with E-state index in [2.05, 4.69) is 4.79 Å². The first kappa shape index (κ1) is 13.6. The summed E-state index contributed by atoms with van der Waals surface area (Å²) in [5, 5.41) is 0. The molecular formula is C9H10N2O4S2. The Bertz CT molecular complexity index is 656. The lowest BCUT2D eigenvalue weighted by atomic mass is 10.2. The third-order valence-corrected chi connectivity index (χ3v) is 5.58. The van der Waals surface area contributed by atoms with Crippen LogP contribution in [-0.4, -0.2) is 32.3 Å². The molecule has 0 fully saturated rings. The fourth-order valence-corrected chi connectivity index (χ4v) is 4.27. The van der Waals surface area contributed by atoms with E-state index < -0.39 is 29.8 Å². The highest BCUT2D eigenvalue weighted by Crippen LogP contribution is 2.09. The van der Waals surface area contributed by atoms with E-state index in [1.807, 2.05) is 0 Å². The fourth-order valence-electron chi connectivity index (χ4n) is 1.22. The topological polar surface area (TPSA) is 105 Å². The van der Waals surface area contributed by atoms with Crippen molar-refractivity contribution in [3.05, 3.63) is 41.4 Å². The zero-order chi connectivity index (χ0) is 13.1. The minimum atomic E-state index is -4.17. The van der Waals surface area contributed by atoms with Gasteiger partial charge >= 0.3 is 4.38 Å². The Morgan fingerprint density at radius 2 is 1.71 bits per heavy atom. The lowest BCUT2D eigenvalue weighted by Gasteiger charge is -1.99. The quantitative estimate of drug-likeness (QED) is 0.333. The molecule has 0 aliphatic heterocycles. The molecule has 17 heavy (non-hydrogen) atoms. The smallest absolute Gasteiger partial charge is 0.359 e. The van der Waals surface area contributed by atoms with E-state index in [9.17, 15) is 16.8 Å². The zero-order valence-corrected chi connectivity index (χ0v) is 10.6. The second-order valence-electron chi connectivity index (χ2n) is 3.38. The largest absolute Gasteiger partial charge is 0.495 e. The van der Waals surface area contributed by atoms with Crippen molar-refractivity contribution in [1.29, 1.82) is 0 Å². The molecule has 0 aromatic heterocycles. The van der Waals surface area contributed by atoms with Crippen LogP contribution in [0.25, 0.3) is 5.53 Å². The van der Waals surface area contributed by atoms with Gasteiger partial charge in [-0.3, -0.25) is 0 Å². The Hall–Kier alpha value is -1.50. The molecule has 8 heteroatoms. The highest BCUT2D eigenvalue weighted by Gasteiger charge is 2.38. The van der Waals surface area contributed by atoms with Gasteiger partial charge in [0.2, 0.25) is 0 Å². The average Bonchev–Trinajstić information content (AvgIpc) is 2.16. The predicted octanol–water partition coefficient (Wildman–Crippen LogP) is 0.232. The Morgan fingerprint density at radius 3 is 2.12 bits per heavy atom. The van der Waals surface area contributed by atoms with E-state index in [1.165, 1.54) is 12.1 Å². The highest BCUT2D eigenvalue weighted by atomic mass is 32.3. The molecule has 0 spiro atoms. The fraction of sp³-hybridized carbons (Fsp3) is 0.222. The van der Waals surface area contributed by atoms with Gasteiger partial charge in [0.25, 0.3) is 19.7 Å². The minimum Gasteiger partial charge on any atom is -0.359 e. The summed E-state index contributed by atoms with van der Waals surface area (Å²) in [6, 6.07) is 8.03. The number of hydrogen-bond acceptors (Lipinski definition) is 4. The number of rotatable bonds is 2. The molecule has 0 bridgehead atoms. The van der Waals surface area contributed by atoms with Gasteiger partial charge in [-0.05, 0) is 5.56 Å². The van der Waals surface area contributed by atoms with Crippen molar-refractivity contribution in [3.63, 3.8) is 0 Å². The number of hydrogen-bond donors (Lipinski definition) is 0. The molecule has 0 saturated carbocycles. The van der Waals surface area contributed by atoms with E-state index >= 15 is 0 Å². The van der Waals surface area contributed by atoms with Crippen LogP contribution in [0.15, 0.2) is 30.3 Å². The van der Waals surface area contributed by atoms with Gasteiger partial charge in [-0.1, -0.05) is 30.3 Å². The SMILES string of the molecule is CS(=O)(=O)C(=[N+]=[N-])S(=O)(=O)Cc1ccccc1. The summed E-state index contributed by atoms with van der Waals surface area (Å²) >= 11 is 0. The zero-order valence-electron chi connectivity index (χ0n) is 8.94. The van der Waals surface area contributed by atoms with Crippen molar-refractivity contribution >= 4 is 24.1 Å². The molecule has 0 amide bonds. The van der Waals surface area contributed by atoms with Crippen molar-refractivity contribution in [2.75, 3.05) is 6.26 Å². The molecule has 0 unspecified atom stereocenters. The van der Waals surface area contributed by atoms with Crippen LogP contribution in [-0.2, 0) is 25.4 Å².